The minimum atomic E-state index is -1.36. The molecule has 0 unspecified atom stereocenters. The summed E-state index contributed by atoms with van der Waals surface area (Å²) in [6, 6.07) is 22.0. The highest BCUT2D eigenvalue weighted by atomic mass is 16.4. The molecule has 0 radical (unpaired) electrons. The summed E-state index contributed by atoms with van der Waals surface area (Å²) in [5, 5.41) is 32.2. The molecule has 0 aliphatic carbocycles. The van der Waals surface area contributed by atoms with E-state index < -0.39 is 24.2 Å². The standard InChI is InChI=1S/C27H18N4O4/c28-12-11-21-15-24(31-27(34)35)23(14-20(21)10-9-18-5-2-1-3-6-18)30-26(33)16-25(32)22-8-4-7-19(13-22)17-29/h1-8,13-15,31H,11,16H2,(H,30,33)(H,34,35). The third-order valence-electron chi connectivity index (χ3n) is 4.78. The molecule has 0 fully saturated rings. The number of ketones is 1. The lowest BCUT2D eigenvalue weighted by Crippen LogP contribution is -2.19. The van der Waals surface area contributed by atoms with Gasteiger partial charge in [-0.15, -0.1) is 0 Å². The van der Waals surface area contributed by atoms with E-state index in [9.17, 15) is 24.8 Å². The smallest absolute Gasteiger partial charge is 0.409 e. The van der Waals surface area contributed by atoms with Crippen LogP contribution in [-0.2, 0) is 11.2 Å². The van der Waals surface area contributed by atoms with Crippen molar-refractivity contribution in [3.8, 4) is 24.0 Å². The summed E-state index contributed by atoms with van der Waals surface area (Å²) in [5.74, 6) is 4.76. The molecule has 8 nitrogen and oxygen atoms in total. The van der Waals surface area contributed by atoms with Gasteiger partial charge in [-0.05, 0) is 42.0 Å². The molecule has 0 aliphatic heterocycles. The quantitative estimate of drug-likeness (QED) is 0.283. The third-order valence-corrected chi connectivity index (χ3v) is 4.78. The Kier molecular flexibility index (Phi) is 7.95. The van der Waals surface area contributed by atoms with Gasteiger partial charge in [0.2, 0.25) is 5.91 Å². The first-order valence-electron chi connectivity index (χ1n) is 10.3. The molecule has 3 rings (SSSR count). The van der Waals surface area contributed by atoms with E-state index in [1.807, 2.05) is 42.5 Å². The number of carboxylic acid groups (broad SMARTS) is 1. The highest BCUT2D eigenvalue weighted by Crippen LogP contribution is 2.27. The molecule has 0 aromatic heterocycles. The Morgan fingerprint density at radius 3 is 2.23 bits per heavy atom. The number of hydrogen-bond acceptors (Lipinski definition) is 5. The number of Topliss-reactive ketones (excluding diaryl/α,β-unsaturated/α-hetero) is 1. The van der Waals surface area contributed by atoms with Crippen LogP contribution in [-0.4, -0.2) is 22.9 Å². The van der Waals surface area contributed by atoms with E-state index in [0.717, 1.165) is 5.56 Å². The van der Waals surface area contributed by atoms with Crippen molar-refractivity contribution >= 4 is 29.2 Å². The molecule has 3 N–H and O–H groups in total. The van der Waals surface area contributed by atoms with Gasteiger partial charge in [0.1, 0.15) is 0 Å². The van der Waals surface area contributed by atoms with Crippen LogP contribution >= 0.6 is 0 Å². The zero-order valence-electron chi connectivity index (χ0n) is 18.3. The summed E-state index contributed by atoms with van der Waals surface area (Å²) < 4.78 is 0. The van der Waals surface area contributed by atoms with Crippen molar-refractivity contribution in [2.45, 2.75) is 12.8 Å². The summed E-state index contributed by atoms with van der Waals surface area (Å²) in [6.45, 7) is 0. The molecule has 0 heterocycles. The molecule has 35 heavy (non-hydrogen) atoms. The summed E-state index contributed by atoms with van der Waals surface area (Å²) in [6.07, 6.45) is -1.92. The summed E-state index contributed by atoms with van der Waals surface area (Å²) in [4.78, 5) is 36.4. The largest absolute Gasteiger partial charge is 0.465 e. The van der Waals surface area contributed by atoms with Gasteiger partial charge in [-0.1, -0.05) is 42.2 Å². The van der Waals surface area contributed by atoms with E-state index in [4.69, 9.17) is 5.26 Å². The fraction of sp³-hybridized carbons (Fsp3) is 0.0741. The maximum Gasteiger partial charge on any atom is 0.409 e. The number of rotatable bonds is 6. The van der Waals surface area contributed by atoms with Gasteiger partial charge in [0.05, 0.1) is 41.9 Å². The Morgan fingerprint density at radius 1 is 0.829 bits per heavy atom. The molecule has 0 spiro atoms. The first kappa shape index (κ1) is 24.3. The number of hydrogen-bond donors (Lipinski definition) is 3. The van der Waals surface area contributed by atoms with E-state index >= 15 is 0 Å². The number of anilines is 2. The van der Waals surface area contributed by atoms with Gasteiger partial charge in [0.15, 0.2) is 5.78 Å². The second-order valence-electron chi connectivity index (χ2n) is 7.28. The molecule has 0 atom stereocenters. The molecule has 0 bridgehead atoms. The monoisotopic (exact) mass is 462 g/mol. The normalized spacial score (nSPS) is 9.54. The molecule has 8 heteroatoms. The zero-order valence-corrected chi connectivity index (χ0v) is 18.3. The number of amides is 2. The van der Waals surface area contributed by atoms with Crippen LogP contribution in [0.5, 0.6) is 0 Å². The van der Waals surface area contributed by atoms with Crippen molar-refractivity contribution < 1.29 is 19.5 Å². The second kappa shape index (κ2) is 11.5. The van der Waals surface area contributed by atoms with Crippen molar-refractivity contribution in [2.75, 3.05) is 10.6 Å². The van der Waals surface area contributed by atoms with E-state index in [1.165, 1.54) is 24.3 Å². The Balaban J connectivity index is 1.92. The van der Waals surface area contributed by atoms with Gasteiger partial charge in [-0.25, -0.2) is 4.79 Å². The van der Waals surface area contributed by atoms with Crippen LogP contribution in [0.1, 0.15) is 39.0 Å². The number of carbonyl (C=O) groups excluding carboxylic acids is 2. The molecule has 0 saturated heterocycles. The molecular formula is C27H18N4O4. The Morgan fingerprint density at radius 2 is 1.54 bits per heavy atom. The van der Waals surface area contributed by atoms with Gasteiger partial charge < -0.3 is 10.4 Å². The van der Waals surface area contributed by atoms with E-state index in [0.29, 0.717) is 16.7 Å². The lowest BCUT2D eigenvalue weighted by molar-refractivity contribution is -0.115. The van der Waals surface area contributed by atoms with Crippen LogP contribution in [0.3, 0.4) is 0 Å². The van der Waals surface area contributed by atoms with E-state index in [1.54, 1.807) is 12.1 Å². The average molecular weight is 462 g/mol. The van der Waals surface area contributed by atoms with E-state index in [-0.39, 0.29) is 23.4 Å². The van der Waals surface area contributed by atoms with Crippen molar-refractivity contribution in [2.24, 2.45) is 0 Å². The molecule has 2 amide bonds. The van der Waals surface area contributed by atoms with Gasteiger partial charge in [0.25, 0.3) is 0 Å². The summed E-state index contributed by atoms with van der Waals surface area (Å²) >= 11 is 0. The lowest BCUT2D eigenvalue weighted by Gasteiger charge is -2.14. The van der Waals surface area contributed by atoms with Crippen LogP contribution in [0.25, 0.3) is 0 Å². The minimum absolute atomic E-state index is 0.0327. The number of nitriles is 2. The molecule has 0 aliphatic rings. The van der Waals surface area contributed by atoms with Gasteiger partial charge in [-0.2, -0.15) is 10.5 Å². The van der Waals surface area contributed by atoms with Crippen molar-refractivity contribution in [1.82, 2.24) is 0 Å². The summed E-state index contributed by atoms with van der Waals surface area (Å²) in [7, 11) is 0. The minimum Gasteiger partial charge on any atom is -0.465 e. The topological polar surface area (TPSA) is 143 Å². The highest BCUT2D eigenvalue weighted by molar-refractivity contribution is 6.12. The Labute approximate surface area is 201 Å². The second-order valence-corrected chi connectivity index (χ2v) is 7.28. The number of nitrogens with one attached hydrogen (secondary N) is 2. The number of carbonyl (C=O) groups is 3. The van der Waals surface area contributed by atoms with Crippen LogP contribution in [0.4, 0.5) is 16.2 Å². The first-order chi connectivity index (χ1) is 16.9. The summed E-state index contributed by atoms with van der Waals surface area (Å²) in [5.41, 5.74) is 2.27. The van der Waals surface area contributed by atoms with Crippen LogP contribution in [0.2, 0.25) is 0 Å². The van der Waals surface area contributed by atoms with E-state index in [2.05, 4.69) is 22.5 Å². The predicted octanol–water partition coefficient (Wildman–Crippen LogP) is 4.33. The maximum atomic E-state index is 12.6. The average Bonchev–Trinajstić information content (AvgIpc) is 2.85. The molecule has 0 saturated carbocycles. The fourth-order valence-corrected chi connectivity index (χ4v) is 3.18. The number of benzene rings is 3. The molecule has 3 aromatic carbocycles. The zero-order chi connectivity index (χ0) is 25.2. The van der Waals surface area contributed by atoms with Crippen LogP contribution in [0.15, 0.2) is 66.7 Å². The third kappa shape index (κ3) is 6.79. The Hall–Kier alpha value is -5.39. The van der Waals surface area contributed by atoms with Crippen molar-refractivity contribution in [3.05, 3.63) is 94.5 Å². The molecule has 3 aromatic rings. The molecular weight excluding hydrogens is 444 g/mol. The SMILES string of the molecule is N#CCc1cc(NC(=O)O)c(NC(=O)CC(=O)c2cccc(C#N)c2)cc1C#Cc1ccccc1. The van der Waals surface area contributed by atoms with Gasteiger partial charge in [-0.3, -0.25) is 14.9 Å². The maximum absolute atomic E-state index is 12.6. The highest BCUT2D eigenvalue weighted by Gasteiger charge is 2.17. The predicted molar refractivity (Wildman–Crippen MR) is 129 cm³/mol. The first-order valence-corrected chi connectivity index (χ1v) is 10.3. The van der Waals surface area contributed by atoms with Crippen molar-refractivity contribution in [3.63, 3.8) is 0 Å². The van der Waals surface area contributed by atoms with Gasteiger partial charge >= 0.3 is 6.09 Å². The fourth-order valence-electron chi connectivity index (χ4n) is 3.18. The Bertz CT molecular complexity index is 1440. The van der Waals surface area contributed by atoms with Crippen LogP contribution < -0.4 is 10.6 Å². The van der Waals surface area contributed by atoms with Crippen molar-refractivity contribution in [1.29, 1.82) is 10.5 Å². The lowest BCUT2D eigenvalue weighted by atomic mass is 10.0. The van der Waals surface area contributed by atoms with Gasteiger partial charge in [0, 0.05) is 16.7 Å². The molecule has 170 valence electrons. The van der Waals surface area contributed by atoms with Crippen LogP contribution in [0, 0.1) is 34.5 Å². The number of nitrogens with zero attached hydrogens (tertiary/aromatic N) is 2.